The molecule has 3 N–H and O–H groups in total. The molecule has 0 atom stereocenters. The van der Waals surface area contributed by atoms with Crippen molar-refractivity contribution >= 4 is 49.9 Å². The maximum Gasteiger partial charge on any atom is 0.214 e. The minimum Gasteiger partial charge on any atom is -0.382 e. The van der Waals surface area contributed by atoms with Gasteiger partial charge in [0, 0.05) is 43.7 Å². The van der Waals surface area contributed by atoms with Gasteiger partial charge in [0.2, 0.25) is 15.8 Å². The van der Waals surface area contributed by atoms with Crippen molar-refractivity contribution in [1.29, 1.82) is 0 Å². The van der Waals surface area contributed by atoms with Gasteiger partial charge in [-0.1, -0.05) is 17.4 Å². The molecule has 2 saturated heterocycles. The second kappa shape index (κ2) is 11.5. The van der Waals surface area contributed by atoms with Crippen molar-refractivity contribution in [2.24, 2.45) is 0 Å². The Bertz CT molecular complexity index is 1130. The monoisotopic (exact) mass is 545 g/mol. The minimum absolute atomic E-state index is 0.0381. The summed E-state index contributed by atoms with van der Waals surface area (Å²) in [6.45, 7) is 3.64. The van der Waals surface area contributed by atoms with E-state index in [1.54, 1.807) is 4.31 Å². The quantitative estimate of drug-likeness (QED) is 0.463. The number of thioether (sulfide) groups is 1. The van der Waals surface area contributed by atoms with Crippen molar-refractivity contribution in [3.63, 3.8) is 0 Å². The molecule has 0 aliphatic carbocycles. The maximum atomic E-state index is 14.0. The van der Waals surface area contributed by atoms with Crippen LogP contribution in [0.4, 0.5) is 19.7 Å². The van der Waals surface area contributed by atoms with E-state index in [9.17, 15) is 22.0 Å². The first-order chi connectivity index (χ1) is 16.7. The van der Waals surface area contributed by atoms with Crippen LogP contribution in [0, 0.1) is 11.6 Å². The Morgan fingerprint density at radius 3 is 2.46 bits per heavy atom. The number of benzene rings is 1. The number of hydrogen-bond donors (Lipinski definition) is 2. The first-order valence-electron chi connectivity index (χ1n) is 11.5. The van der Waals surface area contributed by atoms with Crippen LogP contribution in [0.15, 0.2) is 18.2 Å². The fourth-order valence-corrected chi connectivity index (χ4v) is 7.67. The van der Waals surface area contributed by atoms with Crippen LogP contribution in [0.25, 0.3) is 0 Å². The number of halogens is 2. The Balaban J connectivity index is 1.29. The van der Waals surface area contributed by atoms with Gasteiger partial charge in [0.05, 0.1) is 11.3 Å². The Kier molecular flexibility index (Phi) is 8.63. The van der Waals surface area contributed by atoms with Crippen LogP contribution in [0.5, 0.6) is 0 Å². The molecular formula is C22H29F2N5O3S3. The third-order valence-corrected chi connectivity index (χ3v) is 10.1. The molecule has 4 rings (SSSR count). The van der Waals surface area contributed by atoms with Gasteiger partial charge in [0.25, 0.3) is 0 Å². The molecule has 35 heavy (non-hydrogen) atoms. The van der Waals surface area contributed by atoms with E-state index in [1.165, 1.54) is 6.07 Å². The average Bonchev–Trinajstić information content (AvgIpc) is 3.19. The molecule has 0 unspecified atom stereocenters. The predicted molar refractivity (Wildman–Crippen MR) is 137 cm³/mol. The van der Waals surface area contributed by atoms with E-state index in [0.29, 0.717) is 37.5 Å². The molecule has 1 aromatic carbocycles. The van der Waals surface area contributed by atoms with Gasteiger partial charge >= 0.3 is 0 Å². The summed E-state index contributed by atoms with van der Waals surface area (Å²) in [6.07, 6.45) is 1.78. The maximum absolute atomic E-state index is 14.0. The number of sulfonamides is 1. The van der Waals surface area contributed by atoms with Crippen LogP contribution < -0.4 is 11.1 Å². The molecule has 0 spiro atoms. The highest BCUT2D eigenvalue weighted by Gasteiger charge is 2.29. The van der Waals surface area contributed by atoms with Gasteiger partial charge in [-0.2, -0.15) is 11.8 Å². The third kappa shape index (κ3) is 6.50. The van der Waals surface area contributed by atoms with E-state index >= 15 is 0 Å². The van der Waals surface area contributed by atoms with E-state index < -0.39 is 33.0 Å². The normalized spacial score (nSPS) is 18.6. The molecule has 2 aliphatic rings. The molecule has 0 bridgehead atoms. The summed E-state index contributed by atoms with van der Waals surface area (Å²) in [5, 5.41) is 3.56. The summed E-state index contributed by atoms with van der Waals surface area (Å²) >= 11 is 2.87. The number of nitrogens with zero attached hydrogens (tertiary/aromatic N) is 3. The highest BCUT2D eigenvalue weighted by Crippen LogP contribution is 2.30. The Morgan fingerprint density at radius 2 is 1.80 bits per heavy atom. The number of nitrogen functional groups attached to an aromatic ring is 1. The van der Waals surface area contributed by atoms with E-state index in [1.807, 2.05) is 11.8 Å². The van der Waals surface area contributed by atoms with E-state index in [4.69, 9.17) is 5.73 Å². The molecule has 13 heteroatoms. The zero-order chi connectivity index (χ0) is 25.0. The molecule has 0 amide bonds. The molecule has 8 nitrogen and oxygen atoms in total. The molecule has 2 aliphatic heterocycles. The molecular weight excluding hydrogens is 516 g/mol. The highest BCUT2D eigenvalue weighted by atomic mass is 32.2. The first-order valence-corrected chi connectivity index (χ1v) is 15.1. The fourth-order valence-electron chi connectivity index (χ4n) is 4.26. The SMILES string of the molecule is Nc1nc(NC2CCN(S(=O)(=O)CCCN3CCSCC3)CC2)sc1C(=O)c1c(F)cccc1F. The van der Waals surface area contributed by atoms with Crippen molar-refractivity contribution < 1.29 is 22.0 Å². The standard InChI is InChI=1S/C22H29F2N5O3S3/c23-16-3-1-4-17(24)18(16)19(30)20-21(25)27-22(34-20)26-15-5-8-29(9-6-15)35(31,32)14-2-7-28-10-12-33-13-11-28/h1,3-4,15H,2,5-14,25H2,(H,26,27). The van der Waals surface area contributed by atoms with Crippen molar-refractivity contribution in [3.05, 3.63) is 40.3 Å². The van der Waals surface area contributed by atoms with E-state index in [2.05, 4.69) is 15.2 Å². The molecule has 0 radical (unpaired) electrons. The molecule has 3 heterocycles. The lowest BCUT2D eigenvalue weighted by Gasteiger charge is -2.32. The van der Waals surface area contributed by atoms with E-state index in [-0.39, 0.29) is 22.5 Å². The smallest absolute Gasteiger partial charge is 0.214 e. The summed E-state index contributed by atoms with van der Waals surface area (Å²) in [5.41, 5.74) is 5.21. The van der Waals surface area contributed by atoms with E-state index in [0.717, 1.165) is 54.6 Å². The number of nitrogens with one attached hydrogen (secondary N) is 1. The summed E-state index contributed by atoms with van der Waals surface area (Å²) in [5.74, 6) is -0.510. The molecule has 192 valence electrons. The molecule has 0 saturated carbocycles. The van der Waals surface area contributed by atoms with Crippen molar-refractivity contribution in [3.8, 4) is 0 Å². The highest BCUT2D eigenvalue weighted by molar-refractivity contribution is 7.99. The van der Waals surface area contributed by atoms with Gasteiger partial charge < -0.3 is 16.0 Å². The average molecular weight is 546 g/mol. The number of ketones is 1. The zero-order valence-electron chi connectivity index (χ0n) is 19.2. The van der Waals surface area contributed by atoms with Gasteiger partial charge in [0.15, 0.2) is 5.13 Å². The largest absolute Gasteiger partial charge is 0.382 e. The van der Waals surface area contributed by atoms with Crippen molar-refractivity contribution in [2.75, 3.05) is 61.0 Å². The predicted octanol–water partition coefficient (Wildman–Crippen LogP) is 2.88. The zero-order valence-corrected chi connectivity index (χ0v) is 21.7. The van der Waals surface area contributed by atoms with Crippen LogP contribution >= 0.6 is 23.1 Å². The Hall–Kier alpha value is -1.80. The lowest BCUT2D eigenvalue weighted by atomic mass is 10.1. The minimum atomic E-state index is -3.31. The van der Waals surface area contributed by atoms with Crippen LogP contribution in [0.3, 0.4) is 0 Å². The lowest BCUT2D eigenvalue weighted by molar-refractivity contribution is 0.103. The molecule has 2 fully saturated rings. The number of rotatable bonds is 9. The number of aromatic nitrogens is 1. The van der Waals surface area contributed by atoms with Gasteiger partial charge in [-0.05, 0) is 37.9 Å². The summed E-state index contributed by atoms with van der Waals surface area (Å²) in [6, 6.07) is 3.17. The second-order valence-corrected chi connectivity index (χ2v) is 12.9. The van der Waals surface area contributed by atoms with Crippen molar-refractivity contribution in [2.45, 2.75) is 25.3 Å². The van der Waals surface area contributed by atoms with Gasteiger partial charge in [-0.25, -0.2) is 26.5 Å². The summed E-state index contributed by atoms with van der Waals surface area (Å²) in [4.78, 5) is 19.1. The topological polar surface area (TPSA) is 109 Å². The fraction of sp³-hybridized carbons (Fsp3) is 0.545. The van der Waals surface area contributed by atoms with Gasteiger partial charge in [0.1, 0.15) is 22.3 Å². The number of nitrogens with two attached hydrogens (primary N) is 1. The van der Waals surface area contributed by atoms with Crippen LogP contribution in [0.1, 0.15) is 34.5 Å². The van der Waals surface area contributed by atoms with Crippen LogP contribution in [0.2, 0.25) is 0 Å². The number of carbonyl (C=O) groups is 1. The van der Waals surface area contributed by atoms with Crippen LogP contribution in [-0.4, -0.2) is 84.4 Å². The molecule has 2 aromatic rings. The summed E-state index contributed by atoms with van der Waals surface area (Å²) in [7, 11) is -3.31. The summed E-state index contributed by atoms with van der Waals surface area (Å²) < 4.78 is 55.1. The van der Waals surface area contributed by atoms with Crippen molar-refractivity contribution in [1.82, 2.24) is 14.2 Å². The van der Waals surface area contributed by atoms with Gasteiger partial charge in [-0.15, -0.1) is 0 Å². The Labute approximate surface area is 212 Å². The second-order valence-electron chi connectivity index (χ2n) is 8.60. The Morgan fingerprint density at radius 1 is 1.14 bits per heavy atom. The lowest BCUT2D eigenvalue weighted by Crippen LogP contribution is -2.43. The first kappa shape index (κ1) is 26.3. The number of piperidine rings is 1. The van der Waals surface area contributed by atoms with Crippen LogP contribution in [-0.2, 0) is 10.0 Å². The number of anilines is 2. The number of carbonyl (C=O) groups excluding carboxylic acids is 1. The third-order valence-electron chi connectivity index (χ3n) is 6.20. The molecule has 1 aromatic heterocycles. The van der Waals surface area contributed by atoms with Gasteiger partial charge in [-0.3, -0.25) is 4.79 Å². The number of hydrogen-bond acceptors (Lipinski definition) is 9. The number of thiazole rings is 1.